The number of rotatable bonds is 5. The van der Waals surface area contributed by atoms with Gasteiger partial charge in [-0.1, -0.05) is 24.6 Å². The number of carbonyl (C=O) groups is 2. The molecule has 0 saturated carbocycles. The van der Waals surface area contributed by atoms with Gasteiger partial charge in [-0.2, -0.15) is 0 Å². The fourth-order valence-corrected chi connectivity index (χ4v) is 1.83. The van der Waals surface area contributed by atoms with Gasteiger partial charge in [0.2, 0.25) is 0 Å². The summed E-state index contributed by atoms with van der Waals surface area (Å²) in [4.78, 5) is 25.0. The monoisotopic (exact) mass is 284 g/mol. The summed E-state index contributed by atoms with van der Waals surface area (Å²) < 4.78 is 4.58. The molecule has 0 aliphatic rings. The maximum absolute atomic E-state index is 12.3. The van der Waals surface area contributed by atoms with Gasteiger partial charge in [-0.25, -0.2) is 0 Å². The number of nitrogen functional groups attached to an aromatic ring is 1. The number of esters is 1. The number of carbonyl (C=O) groups excluding carboxylic acids is 2. The third kappa shape index (κ3) is 3.86. The van der Waals surface area contributed by atoms with Gasteiger partial charge in [-0.3, -0.25) is 9.59 Å². The first kappa shape index (κ1) is 15.3. The van der Waals surface area contributed by atoms with Crippen molar-refractivity contribution in [1.82, 2.24) is 4.90 Å². The Balaban J connectivity index is 2.98. The van der Waals surface area contributed by atoms with E-state index in [4.69, 9.17) is 17.3 Å². The molecular formula is C13H17ClN2O3. The second-order valence-corrected chi connectivity index (χ2v) is 4.39. The second-order valence-electron chi connectivity index (χ2n) is 4.01. The number of hydrogen-bond acceptors (Lipinski definition) is 4. The molecule has 1 amide bonds. The number of anilines is 1. The molecular weight excluding hydrogens is 268 g/mol. The second kappa shape index (κ2) is 6.99. The topological polar surface area (TPSA) is 72.6 Å². The van der Waals surface area contributed by atoms with E-state index in [-0.39, 0.29) is 17.5 Å². The first-order valence-electron chi connectivity index (χ1n) is 5.91. The van der Waals surface area contributed by atoms with Gasteiger partial charge in [0.15, 0.2) is 0 Å². The summed E-state index contributed by atoms with van der Waals surface area (Å²) in [7, 11) is 1.28. The lowest BCUT2D eigenvalue weighted by atomic mass is 10.1. The predicted octanol–water partition coefficient (Wildman–Crippen LogP) is 1.95. The van der Waals surface area contributed by atoms with Crippen LogP contribution in [0, 0.1) is 0 Å². The van der Waals surface area contributed by atoms with E-state index in [9.17, 15) is 9.59 Å². The molecule has 0 aromatic heterocycles. The molecule has 1 aromatic rings. The molecule has 104 valence electrons. The van der Waals surface area contributed by atoms with Gasteiger partial charge in [0.05, 0.1) is 23.4 Å². The van der Waals surface area contributed by atoms with Crippen molar-refractivity contribution in [1.29, 1.82) is 0 Å². The van der Waals surface area contributed by atoms with Crippen LogP contribution >= 0.6 is 11.6 Å². The third-order valence-electron chi connectivity index (χ3n) is 2.59. The Morgan fingerprint density at radius 3 is 2.68 bits per heavy atom. The van der Waals surface area contributed by atoms with Gasteiger partial charge in [-0.15, -0.1) is 0 Å². The van der Waals surface area contributed by atoms with Gasteiger partial charge in [0.25, 0.3) is 5.91 Å². The maximum atomic E-state index is 12.3. The van der Waals surface area contributed by atoms with E-state index in [1.54, 1.807) is 18.2 Å². The summed E-state index contributed by atoms with van der Waals surface area (Å²) >= 11 is 6.01. The minimum Gasteiger partial charge on any atom is -0.468 e. The van der Waals surface area contributed by atoms with Crippen LogP contribution < -0.4 is 5.73 Å². The SMILES string of the molecule is CCCN(CC(=O)OC)C(=O)c1cccc(N)c1Cl. The van der Waals surface area contributed by atoms with Crippen molar-refractivity contribution < 1.29 is 14.3 Å². The lowest BCUT2D eigenvalue weighted by Crippen LogP contribution is -2.37. The van der Waals surface area contributed by atoms with E-state index >= 15 is 0 Å². The number of amides is 1. The molecule has 0 fully saturated rings. The van der Waals surface area contributed by atoms with Crippen molar-refractivity contribution in [3.05, 3.63) is 28.8 Å². The number of ether oxygens (including phenoxy) is 1. The lowest BCUT2D eigenvalue weighted by Gasteiger charge is -2.21. The van der Waals surface area contributed by atoms with Crippen molar-refractivity contribution in [2.45, 2.75) is 13.3 Å². The molecule has 0 unspecified atom stereocenters. The van der Waals surface area contributed by atoms with Crippen molar-refractivity contribution in [3.63, 3.8) is 0 Å². The molecule has 0 radical (unpaired) electrons. The molecule has 19 heavy (non-hydrogen) atoms. The number of halogens is 1. The Labute approximate surface area is 117 Å². The van der Waals surface area contributed by atoms with Gasteiger partial charge >= 0.3 is 5.97 Å². The Bertz CT molecular complexity index is 477. The number of benzene rings is 1. The summed E-state index contributed by atoms with van der Waals surface area (Å²) in [6.07, 6.45) is 0.725. The van der Waals surface area contributed by atoms with Crippen LogP contribution in [0.4, 0.5) is 5.69 Å². The molecule has 0 bridgehead atoms. The largest absolute Gasteiger partial charge is 0.468 e. The van der Waals surface area contributed by atoms with E-state index in [0.29, 0.717) is 17.8 Å². The minimum atomic E-state index is -0.471. The van der Waals surface area contributed by atoms with Crippen LogP contribution in [0.3, 0.4) is 0 Å². The van der Waals surface area contributed by atoms with E-state index in [1.807, 2.05) is 6.92 Å². The van der Waals surface area contributed by atoms with E-state index < -0.39 is 5.97 Å². The number of methoxy groups -OCH3 is 1. The van der Waals surface area contributed by atoms with Crippen LogP contribution in [0.25, 0.3) is 0 Å². The average molecular weight is 285 g/mol. The zero-order valence-electron chi connectivity index (χ0n) is 11.0. The number of nitrogens with two attached hydrogens (primary N) is 1. The summed E-state index contributed by atoms with van der Waals surface area (Å²) in [5.41, 5.74) is 6.29. The summed E-state index contributed by atoms with van der Waals surface area (Å²) in [5, 5.41) is 0.207. The Morgan fingerprint density at radius 2 is 2.11 bits per heavy atom. The van der Waals surface area contributed by atoms with Crippen LogP contribution in [-0.4, -0.2) is 37.0 Å². The molecule has 6 heteroatoms. The van der Waals surface area contributed by atoms with Crippen molar-refractivity contribution >= 4 is 29.2 Å². The Morgan fingerprint density at radius 1 is 1.42 bits per heavy atom. The fraction of sp³-hybridized carbons (Fsp3) is 0.385. The quantitative estimate of drug-likeness (QED) is 0.662. The van der Waals surface area contributed by atoms with Crippen LogP contribution in [-0.2, 0) is 9.53 Å². The summed E-state index contributed by atoms with van der Waals surface area (Å²) in [6.45, 7) is 2.26. The molecule has 1 aromatic carbocycles. The molecule has 1 rings (SSSR count). The third-order valence-corrected chi connectivity index (χ3v) is 3.01. The zero-order valence-corrected chi connectivity index (χ0v) is 11.7. The highest BCUT2D eigenvalue weighted by Crippen LogP contribution is 2.24. The highest BCUT2D eigenvalue weighted by atomic mass is 35.5. The minimum absolute atomic E-state index is 0.103. The predicted molar refractivity (Wildman–Crippen MR) is 74.1 cm³/mol. The van der Waals surface area contributed by atoms with Gasteiger partial charge in [0, 0.05) is 6.54 Å². The highest BCUT2D eigenvalue weighted by molar-refractivity contribution is 6.36. The van der Waals surface area contributed by atoms with Crippen molar-refractivity contribution in [3.8, 4) is 0 Å². The van der Waals surface area contributed by atoms with E-state index in [2.05, 4.69) is 4.74 Å². The van der Waals surface area contributed by atoms with Crippen LogP contribution in [0.1, 0.15) is 23.7 Å². The average Bonchev–Trinajstić information content (AvgIpc) is 2.40. The van der Waals surface area contributed by atoms with Crippen molar-refractivity contribution in [2.24, 2.45) is 0 Å². The van der Waals surface area contributed by atoms with Gasteiger partial charge in [0.1, 0.15) is 6.54 Å². The zero-order chi connectivity index (χ0) is 14.4. The summed E-state index contributed by atoms with van der Waals surface area (Å²) in [5.74, 6) is -0.800. The molecule has 2 N–H and O–H groups in total. The van der Waals surface area contributed by atoms with Gasteiger partial charge < -0.3 is 15.4 Å². The lowest BCUT2D eigenvalue weighted by molar-refractivity contribution is -0.141. The van der Waals surface area contributed by atoms with Crippen LogP contribution in [0.5, 0.6) is 0 Å². The summed E-state index contributed by atoms with van der Waals surface area (Å²) in [6, 6.07) is 4.85. The maximum Gasteiger partial charge on any atom is 0.325 e. The van der Waals surface area contributed by atoms with E-state index in [0.717, 1.165) is 6.42 Å². The number of nitrogens with zero attached hydrogens (tertiary/aromatic N) is 1. The Hall–Kier alpha value is -1.75. The Kier molecular flexibility index (Phi) is 5.63. The van der Waals surface area contributed by atoms with Crippen LogP contribution in [0.2, 0.25) is 5.02 Å². The molecule has 0 aliphatic heterocycles. The molecule has 0 spiro atoms. The number of hydrogen-bond donors (Lipinski definition) is 1. The fourth-order valence-electron chi connectivity index (χ4n) is 1.63. The first-order chi connectivity index (χ1) is 9.01. The van der Waals surface area contributed by atoms with Crippen molar-refractivity contribution in [2.75, 3.05) is 25.9 Å². The molecule has 5 nitrogen and oxygen atoms in total. The normalized spacial score (nSPS) is 10.1. The van der Waals surface area contributed by atoms with E-state index in [1.165, 1.54) is 12.0 Å². The van der Waals surface area contributed by atoms with Gasteiger partial charge in [-0.05, 0) is 18.6 Å². The smallest absolute Gasteiger partial charge is 0.325 e. The van der Waals surface area contributed by atoms with Crippen LogP contribution in [0.15, 0.2) is 18.2 Å². The molecule has 0 heterocycles. The first-order valence-corrected chi connectivity index (χ1v) is 6.29. The standard InChI is InChI=1S/C13H17ClN2O3/c1-3-7-16(8-11(17)19-2)13(18)9-5-4-6-10(15)12(9)14/h4-6H,3,7-8,15H2,1-2H3. The molecule has 0 aliphatic carbocycles. The highest BCUT2D eigenvalue weighted by Gasteiger charge is 2.21. The molecule has 0 atom stereocenters. The molecule has 0 saturated heterocycles.